The Labute approximate surface area is 103 Å². The number of rotatable bonds is 5. The van der Waals surface area contributed by atoms with Crippen molar-refractivity contribution >= 4 is 10.0 Å². The lowest BCUT2D eigenvalue weighted by atomic mass is 10.2. The van der Waals surface area contributed by atoms with Crippen molar-refractivity contribution in [2.75, 3.05) is 13.1 Å². The Morgan fingerprint density at radius 3 is 2.35 bits per heavy atom. The summed E-state index contributed by atoms with van der Waals surface area (Å²) in [7, 11) is -3.59. The van der Waals surface area contributed by atoms with E-state index in [9.17, 15) is 13.5 Å². The summed E-state index contributed by atoms with van der Waals surface area (Å²) in [6.07, 6.45) is 0. The van der Waals surface area contributed by atoms with Gasteiger partial charge >= 0.3 is 0 Å². The maximum Gasteiger partial charge on any atom is 0.246 e. The molecule has 0 atom stereocenters. The van der Waals surface area contributed by atoms with E-state index in [1.165, 1.54) is 16.4 Å². The van der Waals surface area contributed by atoms with Crippen molar-refractivity contribution in [3.63, 3.8) is 0 Å². The van der Waals surface area contributed by atoms with Gasteiger partial charge in [0.2, 0.25) is 10.0 Å². The lowest BCUT2D eigenvalue weighted by molar-refractivity contribution is 0.377. The van der Waals surface area contributed by atoms with Gasteiger partial charge in [0.15, 0.2) is 0 Å². The van der Waals surface area contributed by atoms with E-state index in [1.807, 2.05) is 13.8 Å². The number of hydrogen-bond donors (Lipinski definition) is 1. The molecule has 5 heteroatoms. The fraction of sp³-hybridized carbons (Fsp3) is 0.500. The van der Waals surface area contributed by atoms with Crippen LogP contribution >= 0.6 is 0 Å². The van der Waals surface area contributed by atoms with Crippen LogP contribution in [-0.4, -0.2) is 30.9 Å². The molecule has 1 aromatic rings. The van der Waals surface area contributed by atoms with Gasteiger partial charge in [-0.2, -0.15) is 4.31 Å². The Bertz CT molecular complexity index is 468. The molecule has 0 saturated heterocycles. The molecule has 0 spiro atoms. The quantitative estimate of drug-likeness (QED) is 0.878. The number of para-hydroxylation sites is 1. The van der Waals surface area contributed by atoms with Gasteiger partial charge < -0.3 is 5.11 Å². The fourth-order valence-electron chi connectivity index (χ4n) is 1.62. The normalized spacial score (nSPS) is 12.3. The number of aromatic hydroxyl groups is 1. The predicted molar refractivity (Wildman–Crippen MR) is 67.4 cm³/mol. The van der Waals surface area contributed by atoms with Crippen LogP contribution in [0.3, 0.4) is 0 Å². The topological polar surface area (TPSA) is 57.6 Å². The number of sulfonamides is 1. The van der Waals surface area contributed by atoms with Crippen molar-refractivity contribution in [3.05, 3.63) is 24.3 Å². The van der Waals surface area contributed by atoms with Gasteiger partial charge in [-0.1, -0.05) is 32.9 Å². The summed E-state index contributed by atoms with van der Waals surface area (Å²) in [4.78, 5) is -0.0255. The van der Waals surface area contributed by atoms with Crippen molar-refractivity contribution in [1.82, 2.24) is 4.31 Å². The minimum absolute atomic E-state index is 0.0255. The summed E-state index contributed by atoms with van der Waals surface area (Å²) < 4.78 is 26.0. The Balaban J connectivity index is 3.14. The molecule has 0 radical (unpaired) electrons. The zero-order valence-corrected chi connectivity index (χ0v) is 11.2. The third-order valence-corrected chi connectivity index (χ3v) is 4.39. The third kappa shape index (κ3) is 3.20. The van der Waals surface area contributed by atoms with Crippen LogP contribution in [0.5, 0.6) is 5.75 Å². The first-order valence-corrected chi connectivity index (χ1v) is 7.11. The fourth-order valence-corrected chi connectivity index (χ4v) is 3.31. The minimum atomic E-state index is -3.59. The molecule has 1 N–H and O–H groups in total. The first-order chi connectivity index (χ1) is 7.89. The first-order valence-electron chi connectivity index (χ1n) is 5.67. The summed E-state index contributed by atoms with van der Waals surface area (Å²) in [5.41, 5.74) is 0. The number of phenolic OH excluding ortho intramolecular Hbond substituents is 1. The van der Waals surface area contributed by atoms with Crippen LogP contribution in [0.25, 0.3) is 0 Å². The lowest BCUT2D eigenvalue weighted by Crippen LogP contribution is -2.34. The second kappa shape index (κ2) is 5.51. The largest absolute Gasteiger partial charge is 0.507 e. The van der Waals surface area contributed by atoms with Gasteiger partial charge in [-0.3, -0.25) is 0 Å². The van der Waals surface area contributed by atoms with Gasteiger partial charge in [0, 0.05) is 13.1 Å². The van der Waals surface area contributed by atoms with Crippen molar-refractivity contribution < 1.29 is 13.5 Å². The minimum Gasteiger partial charge on any atom is -0.507 e. The number of phenols is 1. The van der Waals surface area contributed by atoms with Gasteiger partial charge in [0.05, 0.1) is 0 Å². The van der Waals surface area contributed by atoms with E-state index < -0.39 is 10.0 Å². The molecule has 17 heavy (non-hydrogen) atoms. The highest BCUT2D eigenvalue weighted by Gasteiger charge is 2.26. The molecule has 1 aromatic carbocycles. The molecule has 0 fully saturated rings. The molecule has 0 heterocycles. The van der Waals surface area contributed by atoms with E-state index in [-0.39, 0.29) is 16.6 Å². The molecule has 0 aliphatic carbocycles. The van der Waals surface area contributed by atoms with Crippen LogP contribution in [0.4, 0.5) is 0 Å². The van der Waals surface area contributed by atoms with Gasteiger partial charge in [0.1, 0.15) is 10.6 Å². The van der Waals surface area contributed by atoms with Gasteiger partial charge in [-0.05, 0) is 18.1 Å². The maximum atomic E-state index is 12.3. The molecule has 0 unspecified atom stereocenters. The Morgan fingerprint density at radius 2 is 1.88 bits per heavy atom. The summed E-state index contributed by atoms with van der Waals surface area (Å²) >= 11 is 0. The van der Waals surface area contributed by atoms with Crippen LogP contribution in [0.1, 0.15) is 20.8 Å². The van der Waals surface area contributed by atoms with Crippen LogP contribution < -0.4 is 0 Å². The standard InChI is InChI=1S/C12H19NO3S/c1-4-13(9-10(2)3)17(15,16)12-8-6-5-7-11(12)14/h5-8,10,14H,4,9H2,1-3H3. The average Bonchev–Trinajstić information content (AvgIpc) is 2.25. The van der Waals surface area contributed by atoms with E-state index in [2.05, 4.69) is 0 Å². The molecule has 96 valence electrons. The van der Waals surface area contributed by atoms with Gasteiger partial charge in [-0.15, -0.1) is 0 Å². The second-order valence-corrected chi connectivity index (χ2v) is 6.22. The summed E-state index contributed by atoms with van der Waals surface area (Å²) in [6.45, 7) is 6.56. The summed E-state index contributed by atoms with van der Waals surface area (Å²) in [5.74, 6) is 0.0466. The monoisotopic (exact) mass is 257 g/mol. The van der Waals surface area contributed by atoms with Crippen LogP contribution in [0.15, 0.2) is 29.2 Å². The average molecular weight is 257 g/mol. The smallest absolute Gasteiger partial charge is 0.246 e. The van der Waals surface area contributed by atoms with E-state index in [1.54, 1.807) is 19.1 Å². The number of benzene rings is 1. The predicted octanol–water partition coefficient (Wildman–Crippen LogP) is 2.06. The Morgan fingerprint density at radius 1 is 1.29 bits per heavy atom. The highest BCUT2D eigenvalue weighted by Crippen LogP contribution is 2.25. The zero-order valence-electron chi connectivity index (χ0n) is 10.4. The molecular formula is C12H19NO3S. The highest BCUT2D eigenvalue weighted by atomic mass is 32.2. The highest BCUT2D eigenvalue weighted by molar-refractivity contribution is 7.89. The third-order valence-electron chi connectivity index (χ3n) is 2.40. The van der Waals surface area contributed by atoms with Crippen molar-refractivity contribution in [1.29, 1.82) is 0 Å². The van der Waals surface area contributed by atoms with Crippen LogP contribution in [0.2, 0.25) is 0 Å². The van der Waals surface area contributed by atoms with Crippen molar-refractivity contribution in [2.24, 2.45) is 5.92 Å². The van der Waals surface area contributed by atoms with E-state index in [4.69, 9.17) is 0 Å². The van der Waals surface area contributed by atoms with E-state index in [0.717, 1.165) is 0 Å². The number of nitrogens with zero attached hydrogens (tertiary/aromatic N) is 1. The Kier molecular flexibility index (Phi) is 4.54. The first kappa shape index (κ1) is 14.0. The van der Waals surface area contributed by atoms with Crippen LogP contribution in [-0.2, 0) is 10.0 Å². The van der Waals surface area contributed by atoms with Gasteiger partial charge in [0.25, 0.3) is 0 Å². The van der Waals surface area contributed by atoms with Crippen LogP contribution in [0, 0.1) is 5.92 Å². The Hall–Kier alpha value is -1.07. The summed E-state index contributed by atoms with van der Waals surface area (Å²) in [6, 6.07) is 6.02. The zero-order chi connectivity index (χ0) is 13.1. The molecule has 0 bridgehead atoms. The maximum absolute atomic E-state index is 12.3. The van der Waals surface area contributed by atoms with Gasteiger partial charge in [-0.25, -0.2) is 8.42 Å². The van der Waals surface area contributed by atoms with Crippen molar-refractivity contribution in [2.45, 2.75) is 25.7 Å². The van der Waals surface area contributed by atoms with E-state index in [0.29, 0.717) is 13.1 Å². The SMILES string of the molecule is CCN(CC(C)C)S(=O)(=O)c1ccccc1O. The molecule has 0 aliphatic heterocycles. The van der Waals surface area contributed by atoms with E-state index >= 15 is 0 Å². The summed E-state index contributed by atoms with van der Waals surface area (Å²) in [5, 5.41) is 9.62. The van der Waals surface area contributed by atoms with Crippen molar-refractivity contribution in [3.8, 4) is 5.75 Å². The molecule has 4 nitrogen and oxygen atoms in total. The molecule has 0 aromatic heterocycles. The molecule has 0 aliphatic rings. The molecule has 0 saturated carbocycles. The molecule has 1 rings (SSSR count). The molecule has 0 amide bonds. The molecular weight excluding hydrogens is 238 g/mol. The second-order valence-electron chi connectivity index (χ2n) is 4.32. The lowest BCUT2D eigenvalue weighted by Gasteiger charge is -2.22. The number of hydrogen-bond acceptors (Lipinski definition) is 3.